The van der Waals surface area contributed by atoms with Crippen LogP contribution in [0.5, 0.6) is 0 Å². The van der Waals surface area contributed by atoms with E-state index in [1.807, 2.05) is 0 Å². The molecule has 2 heteroatoms. The Bertz CT molecular complexity index is 1330. The topological polar surface area (TPSA) is 6.48 Å². The zero-order chi connectivity index (χ0) is 45.2. The monoisotopic (exact) mass is 933 g/mol. The van der Waals surface area contributed by atoms with Gasteiger partial charge in [-0.25, -0.2) is 0 Å². The van der Waals surface area contributed by atoms with Crippen LogP contribution in [0.4, 0.5) is 0 Å². The lowest BCUT2D eigenvalue weighted by atomic mass is 9.43. The highest BCUT2D eigenvalue weighted by Gasteiger charge is 2.58. The van der Waals surface area contributed by atoms with Crippen LogP contribution in [-0.4, -0.2) is 46.1 Å². The van der Waals surface area contributed by atoms with Gasteiger partial charge >= 0.3 is 0 Å². The zero-order valence-corrected chi connectivity index (χ0v) is 45.0. The van der Waals surface area contributed by atoms with E-state index in [1.54, 1.807) is 167 Å². The minimum Gasteiger partial charge on any atom is -0.294 e. The van der Waals surface area contributed by atoms with Crippen LogP contribution >= 0.6 is 0 Å². The average Bonchev–Trinajstić information content (AvgIpc) is 3.42. The van der Waals surface area contributed by atoms with E-state index in [2.05, 4.69) is 9.80 Å². The molecule has 0 aliphatic heterocycles. The molecule has 0 amide bonds. The van der Waals surface area contributed by atoms with Gasteiger partial charge in [-0.2, -0.15) is 0 Å². The third kappa shape index (κ3) is 10.6. The fourth-order valence-electron chi connectivity index (χ4n) is 23.1. The van der Waals surface area contributed by atoms with Crippen LogP contribution in [0.2, 0.25) is 0 Å². The molecular formula is C66H112N2. The van der Waals surface area contributed by atoms with Crippen molar-refractivity contribution in [3.05, 3.63) is 0 Å². The first-order valence-corrected chi connectivity index (χ1v) is 33.3. The van der Waals surface area contributed by atoms with Crippen molar-refractivity contribution in [1.29, 1.82) is 0 Å². The van der Waals surface area contributed by atoms with Crippen molar-refractivity contribution < 1.29 is 0 Å². The van der Waals surface area contributed by atoms with Crippen LogP contribution in [0.15, 0.2) is 0 Å². The lowest BCUT2D eigenvalue weighted by Crippen LogP contribution is -2.55. The van der Waals surface area contributed by atoms with E-state index in [4.69, 9.17) is 0 Å². The van der Waals surface area contributed by atoms with Gasteiger partial charge in [-0.1, -0.05) is 116 Å². The Morgan fingerprint density at radius 2 is 0.397 bits per heavy atom. The van der Waals surface area contributed by atoms with Gasteiger partial charge in [0.25, 0.3) is 0 Å². The van der Waals surface area contributed by atoms with Crippen LogP contribution in [0.1, 0.15) is 295 Å². The second-order valence-corrected chi connectivity index (χ2v) is 28.9. The van der Waals surface area contributed by atoms with Crippen LogP contribution < -0.4 is 0 Å². The molecule has 12 fully saturated rings. The first kappa shape index (κ1) is 48.8. The summed E-state index contributed by atoms with van der Waals surface area (Å²) in [6.45, 7) is 0. The lowest BCUT2D eigenvalue weighted by Gasteiger charge is -2.62. The van der Waals surface area contributed by atoms with E-state index in [9.17, 15) is 0 Å². The number of rotatable bonds is 10. The molecule has 68 heavy (non-hydrogen) atoms. The molecule has 8 unspecified atom stereocenters. The summed E-state index contributed by atoms with van der Waals surface area (Å²) >= 11 is 0. The van der Waals surface area contributed by atoms with Gasteiger partial charge in [0.2, 0.25) is 0 Å². The van der Waals surface area contributed by atoms with Gasteiger partial charge < -0.3 is 0 Å². The third-order valence-electron chi connectivity index (χ3n) is 26.0. The Balaban J connectivity index is 0.683. The summed E-state index contributed by atoms with van der Waals surface area (Å²) in [4.78, 5) is 6.50. The molecular weight excluding hydrogens is 821 g/mol. The number of fused-ring (bicyclic) bond motifs is 3. The molecule has 12 aliphatic rings. The first-order valence-electron chi connectivity index (χ1n) is 33.3. The maximum absolute atomic E-state index is 3.25. The third-order valence-corrected chi connectivity index (χ3v) is 26.0. The normalized spacial score (nSPS) is 45.6. The van der Waals surface area contributed by atoms with Gasteiger partial charge in [-0.05, 0) is 263 Å². The van der Waals surface area contributed by atoms with Gasteiger partial charge in [-0.15, -0.1) is 0 Å². The van der Waals surface area contributed by atoms with Crippen molar-refractivity contribution in [2.75, 3.05) is 0 Å². The van der Waals surface area contributed by atoms with Gasteiger partial charge in [0.15, 0.2) is 0 Å². The second-order valence-electron chi connectivity index (χ2n) is 28.9. The Morgan fingerprint density at radius 3 is 0.706 bits per heavy atom. The van der Waals surface area contributed by atoms with Crippen molar-refractivity contribution in [3.63, 3.8) is 0 Å². The van der Waals surface area contributed by atoms with Crippen molar-refractivity contribution in [3.8, 4) is 0 Å². The van der Waals surface area contributed by atoms with Crippen LogP contribution in [-0.2, 0) is 0 Å². The quantitative estimate of drug-likeness (QED) is 0.215. The molecule has 0 spiro atoms. The van der Waals surface area contributed by atoms with E-state index < -0.39 is 0 Å². The zero-order valence-electron chi connectivity index (χ0n) is 45.0. The molecule has 12 saturated carbocycles. The molecule has 0 bridgehead atoms. The molecule has 0 radical (unpaired) electrons. The standard InChI is InChI=1S/C66H112N2/c1-5-19-55(20-6-1)67(56-21-7-2-8-22-56)59-41-37-49(38-42-59)47-29-33-51(34-30-47)65-61-27-15-16-28-62(61)66(64-46-54-18-14-13-17-53(54)45-63(64)65)52-35-31-48(32-36-52)50-39-43-60(44-40-50)68(57-23-9-3-10-24-57)58-25-11-4-12-26-58/h47-66H,1-46H2. The van der Waals surface area contributed by atoms with Crippen molar-refractivity contribution >= 4 is 0 Å². The van der Waals surface area contributed by atoms with Crippen LogP contribution in [0.25, 0.3) is 0 Å². The average molecular weight is 934 g/mol. The summed E-state index contributed by atoms with van der Waals surface area (Å²) in [6.07, 6.45) is 72.2. The van der Waals surface area contributed by atoms with Gasteiger partial charge in [0.1, 0.15) is 0 Å². The SMILES string of the molecule is C1CCC(N(C2CCCCC2)C2CCC(C3CCC(C4C5CCCCC5C(C5CCC(C6CCC(N(C7CCCCC7)C7CCCCC7)CC6)CC5)C5CC6CCCCC6CC54)CC3)CC2)CC1. The summed E-state index contributed by atoms with van der Waals surface area (Å²) in [5, 5.41) is 0. The fraction of sp³-hybridized carbons (Fsp3) is 1.00. The fourth-order valence-corrected chi connectivity index (χ4v) is 23.1. The minimum absolute atomic E-state index is 0.932. The summed E-state index contributed by atoms with van der Waals surface area (Å²) in [6, 6.07) is 5.62. The van der Waals surface area contributed by atoms with Crippen LogP contribution in [0.3, 0.4) is 0 Å². The Kier molecular flexibility index (Phi) is 16.7. The Hall–Kier alpha value is -0.0800. The maximum Gasteiger partial charge on any atom is 0.0101 e. The predicted octanol–water partition coefficient (Wildman–Crippen LogP) is 18.5. The van der Waals surface area contributed by atoms with E-state index in [0.717, 1.165) is 119 Å². The van der Waals surface area contributed by atoms with Gasteiger partial charge in [0.05, 0.1) is 0 Å². The first-order chi connectivity index (χ1) is 33.7. The highest BCUT2D eigenvalue weighted by atomic mass is 15.2. The summed E-state index contributed by atoms with van der Waals surface area (Å²) < 4.78 is 0. The molecule has 12 aliphatic carbocycles. The summed E-state index contributed by atoms with van der Waals surface area (Å²) in [7, 11) is 0. The van der Waals surface area contributed by atoms with Gasteiger partial charge in [-0.3, -0.25) is 9.80 Å². The molecule has 0 aromatic heterocycles. The predicted molar refractivity (Wildman–Crippen MR) is 288 cm³/mol. The van der Waals surface area contributed by atoms with E-state index in [-0.39, 0.29) is 0 Å². The molecule has 2 nitrogen and oxygen atoms in total. The molecule has 0 aromatic carbocycles. The molecule has 0 heterocycles. The van der Waals surface area contributed by atoms with Crippen molar-refractivity contribution in [2.45, 2.75) is 332 Å². The van der Waals surface area contributed by atoms with Crippen molar-refractivity contribution in [2.24, 2.45) is 82.9 Å². The molecule has 386 valence electrons. The molecule has 12 rings (SSSR count). The number of hydrogen-bond donors (Lipinski definition) is 0. The van der Waals surface area contributed by atoms with E-state index in [0.29, 0.717) is 0 Å². The summed E-state index contributed by atoms with van der Waals surface area (Å²) in [5.41, 5.74) is 0. The second kappa shape index (κ2) is 23.2. The minimum atomic E-state index is 0.932. The Labute approximate surface area is 422 Å². The van der Waals surface area contributed by atoms with E-state index >= 15 is 0 Å². The molecule has 0 N–H and O–H groups in total. The molecule has 8 atom stereocenters. The van der Waals surface area contributed by atoms with Gasteiger partial charge in [0, 0.05) is 36.3 Å². The number of nitrogens with zero attached hydrogens (tertiary/aromatic N) is 2. The molecule has 0 aromatic rings. The highest BCUT2D eigenvalue weighted by Crippen LogP contribution is 2.65. The largest absolute Gasteiger partial charge is 0.294 e. The smallest absolute Gasteiger partial charge is 0.0101 e. The Morgan fingerprint density at radius 1 is 0.162 bits per heavy atom. The molecule has 0 saturated heterocycles. The van der Waals surface area contributed by atoms with Crippen LogP contribution in [0, 0.1) is 82.9 Å². The number of hydrogen-bond acceptors (Lipinski definition) is 2. The van der Waals surface area contributed by atoms with Crippen molar-refractivity contribution in [1.82, 2.24) is 9.80 Å². The highest BCUT2D eigenvalue weighted by molar-refractivity contribution is 5.07. The van der Waals surface area contributed by atoms with E-state index in [1.165, 1.54) is 128 Å². The maximum atomic E-state index is 3.25. The lowest BCUT2D eigenvalue weighted by molar-refractivity contribution is -0.137. The summed E-state index contributed by atoms with van der Waals surface area (Å²) in [5.74, 6) is 15.4.